The largest absolute Gasteiger partial charge is 0.384 e. The minimum atomic E-state index is -0.0607. The SMILES string of the molecule is CCNCCNc1ccc2c(c1)ncn2-c1ccnc(NC(C)C2CCCN(C(=O)Nc3cccc4ccccc34)C2)n1. The molecular formula is C33H39N9O. The number of carbonyl (C=O) groups excluding carboxylic acids is 1. The number of nitrogens with zero attached hydrogens (tertiary/aromatic N) is 5. The summed E-state index contributed by atoms with van der Waals surface area (Å²) in [5, 5.41) is 15.6. The van der Waals surface area contributed by atoms with Gasteiger partial charge in [-0.25, -0.2) is 14.8 Å². The van der Waals surface area contributed by atoms with Crippen molar-refractivity contribution in [2.45, 2.75) is 32.7 Å². The number of anilines is 3. The minimum absolute atomic E-state index is 0.0607. The van der Waals surface area contributed by atoms with E-state index >= 15 is 0 Å². The van der Waals surface area contributed by atoms with Gasteiger partial charge in [-0.15, -0.1) is 0 Å². The highest BCUT2D eigenvalue weighted by Crippen LogP contribution is 2.26. The zero-order valence-corrected chi connectivity index (χ0v) is 24.8. The summed E-state index contributed by atoms with van der Waals surface area (Å²) >= 11 is 0. The Kier molecular flexibility index (Phi) is 8.65. The van der Waals surface area contributed by atoms with Crippen LogP contribution in [0.5, 0.6) is 0 Å². The minimum Gasteiger partial charge on any atom is -0.384 e. The summed E-state index contributed by atoms with van der Waals surface area (Å²) in [5.41, 5.74) is 3.77. The van der Waals surface area contributed by atoms with E-state index in [0.29, 0.717) is 12.5 Å². The summed E-state index contributed by atoms with van der Waals surface area (Å²) in [6.45, 7) is 8.38. The monoisotopic (exact) mass is 577 g/mol. The number of nitrogens with one attached hydrogen (secondary N) is 4. The smallest absolute Gasteiger partial charge is 0.321 e. The lowest BCUT2D eigenvalue weighted by Gasteiger charge is -2.36. The number of rotatable bonds is 10. The van der Waals surface area contributed by atoms with Crippen LogP contribution in [0.25, 0.3) is 27.6 Å². The number of likely N-dealkylation sites (tertiary alicyclic amines) is 1. The Hall–Kier alpha value is -4.70. The van der Waals surface area contributed by atoms with Crippen LogP contribution in [-0.2, 0) is 0 Å². The Morgan fingerprint density at radius 3 is 2.84 bits per heavy atom. The molecule has 1 saturated heterocycles. The van der Waals surface area contributed by atoms with Crippen molar-refractivity contribution in [3.8, 4) is 5.82 Å². The van der Waals surface area contributed by atoms with Gasteiger partial charge in [0.25, 0.3) is 0 Å². The summed E-state index contributed by atoms with van der Waals surface area (Å²) in [6.07, 6.45) is 5.55. The van der Waals surface area contributed by atoms with Crippen LogP contribution in [0.3, 0.4) is 0 Å². The quantitative estimate of drug-likeness (QED) is 0.157. The molecule has 3 aromatic carbocycles. The van der Waals surface area contributed by atoms with Gasteiger partial charge in [0.1, 0.15) is 12.1 Å². The van der Waals surface area contributed by atoms with E-state index in [4.69, 9.17) is 4.98 Å². The number of hydrogen-bond donors (Lipinski definition) is 4. The predicted octanol–water partition coefficient (Wildman–Crippen LogP) is 5.73. The first-order valence-corrected chi connectivity index (χ1v) is 15.1. The van der Waals surface area contributed by atoms with E-state index in [9.17, 15) is 4.79 Å². The van der Waals surface area contributed by atoms with Gasteiger partial charge in [0.15, 0.2) is 0 Å². The summed E-state index contributed by atoms with van der Waals surface area (Å²) < 4.78 is 1.98. The molecule has 0 spiro atoms. The first-order valence-electron chi connectivity index (χ1n) is 15.1. The van der Waals surface area contributed by atoms with Crippen LogP contribution in [0.1, 0.15) is 26.7 Å². The molecule has 4 N–H and O–H groups in total. The standard InChI is InChI=1S/C33H39N9O/c1-3-34-17-18-35-26-13-14-30-29(20-26)37-22-42(30)31-15-16-36-32(40-31)38-23(2)25-10-7-19-41(21-25)33(43)39-28-12-6-9-24-8-4-5-11-27(24)28/h4-6,8-9,11-16,20,22-23,25,34-35H,3,7,10,17-19,21H2,1-2H3,(H,39,43)(H,36,38,40). The molecule has 1 aliphatic heterocycles. The number of carbonyl (C=O) groups is 1. The van der Waals surface area contributed by atoms with E-state index < -0.39 is 0 Å². The molecule has 222 valence electrons. The van der Waals surface area contributed by atoms with Gasteiger partial charge in [0.2, 0.25) is 5.95 Å². The lowest BCUT2D eigenvalue weighted by atomic mass is 9.92. The van der Waals surface area contributed by atoms with Crippen LogP contribution in [0, 0.1) is 5.92 Å². The fraction of sp³-hybridized carbons (Fsp3) is 0.333. The van der Waals surface area contributed by atoms with Crippen molar-refractivity contribution < 1.29 is 4.79 Å². The average Bonchev–Trinajstić information content (AvgIpc) is 3.47. The van der Waals surface area contributed by atoms with Gasteiger partial charge in [0, 0.05) is 49.5 Å². The molecule has 2 aromatic heterocycles. The van der Waals surface area contributed by atoms with Crippen molar-refractivity contribution in [3.63, 3.8) is 0 Å². The molecule has 3 heterocycles. The second-order valence-corrected chi connectivity index (χ2v) is 11.1. The maximum absolute atomic E-state index is 13.3. The number of imidazole rings is 1. The van der Waals surface area contributed by atoms with Crippen molar-refractivity contribution in [2.75, 3.05) is 48.7 Å². The van der Waals surface area contributed by atoms with Crippen LogP contribution in [0.4, 0.5) is 22.1 Å². The van der Waals surface area contributed by atoms with E-state index in [-0.39, 0.29) is 18.0 Å². The number of piperidine rings is 1. The molecule has 0 bridgehead atoms. The van der Waals surface area contributed by atoms with Gasteiger partial charge in [-0.2, -0.15) is 4.98 Å². The lowest BCUT2D eigenvalue weighted by molar-refractivity contribution is 0.172. The summed E-state index contributed by atoms with van der Waals surface area (Å²) in [7, 11) is 0. The van der Waals surface area contributed by atoms with Crippen LogP contribution in [0.15, 0.2) is 79.3 Å². The molecule has 1 aliphatic rings. The van der Waals surface area contributed by atoms with Crippen LogP contribution in [-0.4, -0.2) is 69.2 Å². The Morgan fingerprint density at radius 2 is 1.93 bits per heavy atom. The average molecular weight is 578 g/mol. The van der Waals surface area contributed by atoms with Crippen LogP contribution >= 0.6 is 0 Å². The normalized spacial score (nSPS) is 15.9. The highest BCUT2D eigenvalue weighted by molar-refractivity contribution is 6.01. The number of aromatic nitrogens is 4. The van der Waals surface area contributed by atoms with Crippen molar-refractivity contribution in [3.05, 3.63) is 79.3 Å². The molecule has 5 aromatic rings. The Morgan fingerprint density at radius 1 is 1.05 bits per heavy atom. The molecule has 10 nitrogen and oxygen atoms in total. The molecule has 0 saturated carbocycles. The Labute approximate surface area is 251 Å². The zero-order valence-electron chi connectivity index (χ0n) is 24.8. The second kappa shape index (κ2) is 13.1. The number of likely N-dealkylation sites (N-methyl/N-ethyl adjacent to an activating group) is 1. The Balaban J connectivity index is 1.09. The van der Waals surface area contributed by atoms with Gasteiger partial charge in [-0.05, 0) is 67.9 Å². The molecule has 2 unspecified atom stereocenters. The third kappa shape index (κ3) is 6.54. The Bertz CT molecular complexity index is 1700. The fourth-order valence-corrected chi connectivity index (χ4v) is 5.78. The predicted molar refractivity (Wildman–Crippen MR) is 174 cm³/mol. The highest BCUT2D eigenvalue weighted by atomic mass is 16.2. The third-order valence-electron chi connectivity index (χ3n) is 8.16. The maximum Gasteiger partial charge on any atom is 0.321 e. The maximum atomic E-state index is 13.3. The molecule has 6 rings (SSSR count). The number of fused-ring (bicyclic) bond motifs is 2. The van der Waals surface area contributed by atoms with Crippen molar-refractivity contribution in [2.24, 2.45) is 5.92 Å². The number of amides is 2. The summed E-state index contributed by atoms with van der Waals surface area (Å²) in [4.78, 5) is 29.1. The fourth-order valence-electron chi connectivity index (χ4n) is 5.78. The lowest BCUT2D eigenvalue weighted by Crippen LogP contribution is -2.46. The van der Waals surface area contributed by atoms with Crippen molar-refractivity contribution in [1.82, 2.24) is 29.7 Å². The highest BCUT2D eigenvalue weighted by Gasteiger charge is 2.28. The molecule has 10 heteroatoms. The number of hydrogen-bond acceptors (Lipinski definition) is 7. The molecular weight excluding hydrogens is 538 g/mol. The molecule has 1 fully saturated rings. The van der Waals surface area contributed by atoms with E-state index in [1.54, 1.807) is 12.5 Å². The van der Waals surface area contributed by atoms with E-state index in [1.165, 1.54) is 0 Å². The van der Waals surface area contributed by atoms with E-state index in [1.807, 2.05) is 45.9 Å². The zero-order chi connectivity index (χ0) is 29.6. The van der Waals surface area contributed by atoms with Gasteiger partial charge in [0.05, 0.1) is 16.7 Å². The molecule has 2 amide bonds. The van der Waals surface area contributed by atoms with Gasteiger partial charge in [-0.1, -0.05) is 43.3 Å². The van der Waals surface area contributed by atoms with E-state index in [0.717, 1.165) is 78.0 Å². The molecule has 0 radical (unpaired) electrons. The second-order valence-electron chi connectivity index (χ2n) is 11.1. The van der Waals surface area contributed by atoms with Gasteiger partial charge < -0.3 is 26.2 Å². The topological polar surface area (TPSA) is 112 Å². The summed E-state index contributed by atoms with van der Waals surface area (Å²) in [6, 6.07) is 22.2. The summed E-state index contributed by atoms with van der Waals surface area (Å²) in [5.74, 6) is 1.58. The van der Waals surface area contributed by atoms with Crippen LogP contribution in [0.2, 0.25) is 0 Å². The molecule has 43 heavy (non-hydrogen) atoms. The molecule has 0 aliphatic carbocycles. The first-order chi connectivity index (χ1) is 21.1. The van der Waals surface area contributed by atoms with Gasteiger partial charge >= 0.3 is 6.03 Å². The van der Waals surface area contributed by atoms with Crippen LogP contribution < -0.4 is 21.3 Å². The molecule has 2 atom stereocenters. The first kappa shape index (κ1) is 28.4. The third-order valence-corrected chi connectivity index (χ3v) is 8.16. The number of benzene rings is 3. The number of urea groups is 1. The van der Waals surface area contributed by atoms with Crippen molar-refractivity contribution >= 4 is 45.2 Å². The van der Waals surface area contributed by atoms with E-state index in [2.05, 4.69) is 75.4 Å². The van der Waals surface area contributed by atoms with Crippen molar-refractivity contribution in [1.29, 1.82) is 0 Å². The van der Waals surface area contributed by atoms with Gasteiger partial charge in [-0.3, -0.25) is 4.57 Å².